The van der Waals surface area contributed by atoms with Crippen molar-refractivity contribution < 1.29 is 4.74 Å². The topological polar surface area (TPSA) is 45.9 Å². The Labute approximate surface area is 104 Å². The van der Waals surface area contributed by atoms with E-state index in [1.165, 1.54) is 0 Å². The molecule has 0 fully saturated rings. The minimum atomic E-state index is 0.297. The van der Waals surface area contributed by atoms with Crippen molar-refractivity contribution in [3.8, 4) is 11.9 Å². The maximum atomic E-state index is 8.87. The molecule has 0 bridgehead atoms. The lowest BCUT2D eigenvalue weighted by Crippen LogP contribution is -1.99. The molecule has 0 aliphatic rings. The molecule has 0 N–H and O–H groups in total. The van der Waals surface area contributed by atoms with Crippen LogP contribution in [0.1, 0.15) is 11.1 Å². The molecule has 2 aromatic rings. The summed E-state index contributed by atoms with van der Waals surface area (Å²) in [6, 6.07) is 12.8. The summed E-state index contributed by atoms with van der Waals surface area (Å²) in [5.41, 5.74) is 1.28. The zero-order chi connectivity index (χ0) is 12.1. The maximum Gasteiger partial charge on any atom is 0.231 e. The summed E-state index contributed by atoms with van der Waals surface area (Å²) in [5.74, 6) is 0.329. The Morgan fingerprint density at radius 2 is 2.06 bits per heavy atom. The van der Waals surface area contributed by atoms with Crippen molar-refractivity contribution in [1.29, 1.82) is 5.26 Å². The third kappa shape index (κ3) is 2.74. The van der Waals surface area contributed by atoms with Gasteiger partial charge in [0.15, 0.2) is 0 Å². The second-order valence-electron chi connectivity index (χ2n) is 3.35. The van der Waals surface area contributed by atoms with Crippen molar-refractivity contribution in [1.82, 2.24) is 4.98 Å². The number of halogens is 1. The predicted octanol–water partition coefficient (Wildman–Crippen LogP) is 3.19. The summed E-state index contributed by atoms with van der Waals surface area (Å²) in [6.07, 6.45) is 1.59. The van der Waals surface area contributed by atoms with Crippen molar-refractivity contribution >= 4 is 11.6 Å². The Hall–Kier alpha value is -2.05. The van der Waals surface area contributed by atoms with Gasteiger partial charge in [-0.3, -0.25) is 0 Å². The predicted molar refractivity (Wildman–Crippen MR) is 64.7 cm³/mol. The summed E-state index contributed by atoms with van der Waals surface area (Å²) in [5, 5.41) is 9.51. The van der Waals surface area contributed by atoms with Crippen LogP contribution in [0, 0.1) is 11.3 Å². The van der Waals surface area contributed by atoms with Gasteiger partial charge in [0.2, 0.25) is 5.88 Å². The van der Waals surface area contributed by atoms with E-state index < -0.39 is 0 Å². The third-order valence-electron chi connectivity index (χ3n) is 2.21. The highest BCUT2D eigenvalue weighted by Gasteiger charge is 2.05. The minimum absolute atomic E-state index is 0.297. The second kappa shape index (κ2) is 5.33. The first-order valence-corrected chi connectivity index (χ1v) is 5.40. The Bertz CT molecular complexity index is 563. The normalized spacial score (nSPS) is 9.65. The first-order valence-electron chi connectivity index (χ1n) is 5.02. The highest BCUT2D eigenvalue weighted by Crippen LogP contribution is 2.19. The van der Waals surface area contributed by atoms with Crippen LogP contribution >= 0.6 is 11.6 Å². The third-order valence-corrected chi connectivity index (χ3v) is 2.58. The van der Waals surface area contributed by atoms with Crippen LogP contribution in [-0.2, 0) is 6.61 Å². The van der Waals surface area contributed by atoms with Gasteiger partial charge in [0.05, 0.1) is 0 Å². The summed E-state index contributed by atoms with van der Waals surface area (Å²) < 4.78 is 5.48. The number of pyridine rings is 1. The molecule has 1 aromatic carbocycles. The van der Waals surface area contributed by atoms with Gasteiger partial charge < -0.3 is 4.74 Å². The number of hydrogen-bond acceptors (Lipinski definition) is 3. The molecule has 0 saturated carbocycles. The lowest BCUT2D eigenvalue weighted by atomic mass is 10.2. The van der Waals surface area contributed by atoms with E-state index in [0.717, 1.165) is 5.56 Å². The Morgan fingerprint density at radius 1 is 1.24 bits per heavy atom. The Morgan fingerprint density at radius 3 is 2.82 bits per heavy atom. The summed E-state index contributed by atoms with van der Waals surface area (Å²) in [4.78, 5) is 4.01. The van der Waals surface area contributed by atoms with Gasteiger partial charge >= 0.3 is 0 Å². The molecule has 0 saturated heterocycles. The quantitative estimate of drug-likeness (QED) is 0.833. The lowest BCUT2D eigenvalue weighted by molar-refractivity contribution is 0.293. The number of ether oxygens (including phenoxy) is 1. The molecule has 0 amide bonds. The second-order valence-corrected chi connectivity index (χ2v) is 3.76. The monoisotopic (exact) mass is 244 g/mol. The van der Waals surface area contributed by atoms with E-state index in [0.29, 0.717) is 23.1 Å². The SMILES string of the molecule is N#Cc1cccnc1OCc1ccccc1Cl. The number of hydrogen-bond donors (Lipinski definition) is 0. The van der Waals surface area contributed by atoms with Gasteiger partial charge in [-0.2, -0.15) is 5.26 Å². The molecule has 4 heteroatoms. The van der Waals surface area contributed by atoms with E-state index in [4.69, 9.17) is 21.6 Å². The van der Waals surface area contributed by atoms with Gasteiger partial charge in [-0.15, -0.1) is 0 Å². The summed E-state index contributed by atoms with van der Waals surface area (Å²) >= 11 is 6.00. The average Bonchev–Trinajstić information content (AvgIpc) is 2.38. The van der Waals surface area contributed by atoms with Crippen LogP contribution in [0.5, 0.6) is 5.88 Å². The first-order chi connectivity index (χ1) is 8.31. The van der Waals surface area contributed by atoms with Gasteiger partial charge in [-0.25, -0.2) is 4.98 Å². The standard InChI is InChI=1S/C13H9ClN2O/c14-12-6-2-1-4-11(12)9-17-13-10(8-15)5-3-7-16-13/h1-7H,9H2. The van der Waals surface area contributed by atoms with Crippen LogP contribution in [0.2, 0.25) is 5.02 Å². The van der Waals surface area contributed by atoms with Crippen molar-refractivity contribution in [2.45, 2.75) is 6.61 Å². The largest absolute Gasteiger partial charge is 0.472 e. The molecule has 1 aromatic heterocycles. The van der Waals surface area contributed by atoms with Gasteiger partial charge in [0.1, 0.15) is 18.2 Å². The number of nitriles is 1. The van der Waals surface area contributed by atoms with Crippen molar-refractivity contribution in [3.05, 3.63) is 58.7 Å². The number of benzene rings is 1. The fourth-order valence-electron chi connectivity index (χ4n) is 1.35. The molecule has 1 heterocycles. The summed E-state index contributed by atoms with van der Waals surface area (Å²) in [7, 11) is 0. The zero-order valence-electron chi connectivity index (χ0n) is 8.93. The van der Waals surface area contributed by atoms with E-state index in [2.05, 4.69) is 4.98 Å². The van der Waals surface area contributed by atoms with E-state index in [1.807, 2.05) is 24.3 Å². The molecule has 0 spiro atoms. The number of nitrogens with zero attached hydrogens (tertiary/aromatic N) is 2. The molecule has 2 rings (SSSR count). The van der Waals surface area contributed by atoms with Crippen LogP contribution in [0.4, 0.5) is 0 Å². The van der Waals surface area contributed by atoms with Gasteiger partial charge in [-0.1, -0.05) is 29.8 Å². The molecule has 84 valence electrons. The molecular formula is C13H9ClN2O. The van der Waals surface area contributed by atoms with Crippen LogP contribution in [0.15, 0.2) is 42.6 Å². The lowest BCUT2D eigenvalue weighted by Gasteiger charge is -2.07. The van der Waals surface area contributed by atoms with Crippen molar-refractivity contribution in [2.24, 2.45) is 0 Å². The smallest absolute Gasteiger partial charge is 0.231 e. The Kier molecular flexibility index (Phi) is 3.59. The van der Waals surface area contributed by atoms with Crippen LogP contribution in [0.3, 0.4) is 0 Å². The van der Waals surface area contributed by atoms with Crippen LogP contribution in [0.25, 0.3) is 0 Å². The van der Waals surface area contributed by atoms with Gasteiger partial charge in [-0.05, 0) is 18.2 Å². The molecule has 0 aliphatic carbocycles. The minimum Gasteiger partial charge on any atom is -0.472 e. The molecule has 3 nitrogen and oxygen atoms in total. The maximum absolute atomic E-state index is 8.87. The molecular weight excluding hydrogens is 236 g/mol. The Balaban J connectivity index is 2.13. The van der Waals surface area contributed by atoms with Crippen molar-refractivity contribution in [2.75, 3.05) is 0 Å². The van der Waals surface area contributed by atoms with Crippen molar-refractivity contribution in [3.63, 3.8) is 0 Å². The van der Waals surface area contributed by atoms with Gasteiger partial charge in [0, 0.05) is 16.8 Å². The van der Waals surface area contributed by atoms with E-state index in [1.54, 1.807) is 24.4 Å². The molecule has 0 atom stereocenters. The van der Waals surface area contributed by atoms with E-state index in [9.17, 15) is 0 Å². The number of aromatic nitrogens is 1. The fourth-order valence-corrected chi connectivity index (χ4v) is 1.54. The van der Waals surface area contributed by atoms with Crippen LogP contribution < -0.4 is 4.74 Å². The zero-order valence-corrected chi connectivity index (χ0v) is 9.69. The molecule has 0 aliphatic heterocycles. The van der Waals surface area contributed by atoms with Gasteiger partial charge in [0.25, 0.3) is 0 Å². The highest BCUT2D eigenvalue weighted by atomic mass is 35.5. The number of rotatable bonds is 3. The average molecular weight is 245 g/mol. The highest BCUT2D eigenvalue weighted by molar-refractivity contribution is 6.31. The fraction of sp³-hybridized carbons (Fsp3) is 0.0769. The molecule has 17 heavy (non-hydrogen) atoms. The van der Waals surface area contributed by atoms with E-state index >= 15 is 0 Å². The first kappa shape index (κ1) is 11.4. The molecule has 0 unspecified atom stereocenters. The summed E-state index contributed by atoms with van der Waals surface area (Å²) in [6.45, 7) is 0.297. The van der Waals surface area contributed by atoms with Crippen LogP contribution in [-0.4, -0.2) is 4.98 Å². The molecule has 0 radical (unpaired) electrons. The van der Waals surface area contributed by atoms with E-state index in [-0.39, 0.29) is 0 Å².